The Kier molecular flexibility index (Phi) is 3.17. The van der Waals surface area contributed by atoms with E-state index in [1.54, 1.807) is 0 Å². The van der Waals surface area contributed by atoms with Crippen LogP contribution in [-0.2, 0) is 11.3 Å². The normalized spacial score (nSPS) is 19.2. The summed E-state index contributed by atoms with van der Waals surface area (Å²) in [7, 11) is 0. The van der Waals surface area contributed by atoms with E-state index in [0.29, 0.717) is 18.5 Å². The fourth-order valence-corrected chi connectivity index (χ4v) is 2.94. The highest BCUT2D eigenvalue weighted by molar-refractivity contribution is 5.74. The molecule has 1 aliphatic rings. The molecule has 3 rings (SSSR count). The molecule has 0 bridgehead atoms. The second-order valence-corrected chi connectivity index (χ2v) is 5.10. The zero-order valence-corrected chi connectivity index (χ0v) is 11.0. The lowest BCUT2D eigenvalue weighted by Gasteiger charge is -2.20. The average Bonchev–Trinajstić information content (AvgIpc) is 3.02. The molecule has 1 atom stereocenters. The number of nitriles is 1. The molecule has 0 saturated carbocycles. The van der Waals surface area contributed by atoms with Crippen LogP contribution in [0, 0.1) is 11.3 Å². The van der Waals surface area contributed by atoms with Gasteiger partial charge in [-0.2, -0.15) is 5.26 Å². The minimum Gasteiger partial charge on any atom is -0.480 e. The molecule has 5 heteroatoms. The third-order valence-corrected chi connectivity index (χ3v) is 3.90. The SMILES string of the molecule is N#Cc1c(CN2CCCC2C(=O)O)cn2ccccc12. The van der Waals surface area contributed by atoms with Crippen LogP contribution in [-0.4, -0.2) is 33.0 Å². The number of hydrogen-bond acceptors (Lipinski definition) is 3. The van der Waals surface area contributed by atoms with Gasteiger partial charge in [0.25, 0.3) is 0 Å². The van der Waals surface area contributed by atoms with Crippen molar-refractivity contribution in [2.75, 3.05) is 6.54 Å². The van der Waals surface area contributed by atoms with Crippen molar-refractivity contribution in [3.63, 3.8) is 0 Å². The van der Waals surface area contributed by atoms with Gasteiger partial charge in [0.05, 0.1) is 11.1 Å². The third kappa shape index (κ3) is 2.04. The topological polar surface area (TPSA) is 68.7 Å². The smallest absolute Gasteiger partial charge is 0.320 e. The first kappa shape index (κ1) is 12.7. The van der Waals surface area contributed by atoms with E-state index in [9.17, 15) is 15.2 Å². The third-order valence-electron chi connectivity index (χ3n) is 3.90. The number of nitrogens with zero attached hydrogens (tertiary/aromatic N) is 3. The van der Waals surface area contributed by atoms with E-state index in [-0.39, 0.29) is 0 Å². The molecule has 1 N–H and O–H groups in total. The van der Waals surface area contributed by atoms with E-state index in [0.717, 1.165) is 24.0 Å². The minimum absolute atomic E-state index is 0.426. The number of carbonyl (C=O) groups is 1. The van der Waals surface area contributed by atoms with Crippen LogP contribution in [0.25, 0.3) is 5.52 Å². The number of carboxylic acids is 1. The molecule has 0 radical (unpaired) electrons. The molecule has 2 aromatic rings. The first-order valence-electron chi connectivity index (χ1n) is 6.66. The van der Waals surface area contributed by atoms with E-state index < -0.39 is 12.0 Å². The molecule has 102 valence electrons. The molecular formula is C15H15N3O2. The van der Waals surface area contributed by atoms with Crippen molar-refractivity contribution >= 4 is 11.5 Å². The van der Waals surface area contributed by atoms with E-state index in [1.807, 2.05) is 39.9 Å². The molecule has 3 heterocycles. The van der Waals surface area contributed by atoms with Crippen LogP contribution in [0.2, 0.25) is 0 Å². The number of likely N-dealkylation sites (tertiary alicyclic amines) is 1. The lowest BCUT2D eigenvalue weighted by atomic mass is 10.1. The van der Waals surface area contributed by atoms with E-state index >= 15 is 0 Å². The Balaban J connectivity index is 1.95. The highest BCUT2D eigenvalue weighted by atomic mass is 16.4. The van der Waals surface area contributed by atoms with Crippen molar-refractivity contribution < 1.29 is 9.90 Å². The van der Waals surface area contributed by atoms with Gasteiger partial charge in [-0.25, -0.2) is 0 Å². The van der Waals surface area contributed by atoms with Crippen LogP contribution in [0.15, 0.2) is 30.6 Å². The van der Waals surface area contributed by atoms with Crippen LogP contribution in [0.3, 0.4) is 0 Å². The largest absolute Gasteiger partial charge is 0.480 e. The Morgan fingerprint density at radius 1 is 1.50 bits per heavy atom. The van der Waals surface area contributed by atoms with Crippen molar-refractivity contribution in [2.24, 2.45) is 0 Å². The minimum atomic E-state index is -0.773. The van der Waals surface area contributed by atoms with Gasteiger partial charge in [0.15, 0.2) is 0 Å². The Bertz CT molecular complexity index is 699. The van der Waals surface area contributed by atoms with Gasteiger partial charge in [-0.05, 0) is 31.5 Å². The predicted octanol–water partition coefficient (Wildman–Crippen LogP) is 1.86. The molecule has 20 heavy (non-hydrogen) atoms. The summed E-state index contributed by atoms with van der Waals surface area (Å²) in [4.78, 5) is 13.2. The Morgan fingerprint density at radius 3 is 3.10 bits per heavy atom. The van der Waals surface area contributed by atoms with Crippen molar-refractivity contribution in [2.45, 2.75) is 25.4 Å². The summed E-state index contributed by atoms with van der Waals surface area (Å²) in [6.45, 7) is 1.29. The highest BCUT2D eigenvalue weighted by Gasteiger charge is 2.31. The van der Waals surface area contributed by atoms with Crippen molar-refractivity contribution in [1.29, 1.82) is 5.26 Å². The van der Waals surface area contributed by atoms with Gasteiger partial charge in [-0.15, -0.1) is 0 Å². The Labute approximate surface area is 116 Å². The summed E-state index contributed by atoms with van der Waals surface area (Å²) in [5.74, 6) is -0.773. The van der Waals surface area contributed by atoms with E-state index in [1.165, 1.54) is 0 Å². The fourth-order valence-electron chi connectivity index (χ4n) is 2.94. The number of fused-ring (bicyclic) bond motifs is 1. The summed E-state index contributed by atoms with van der Waals surface area (Å²) >= 11 is 0. The zero-order chi connectivity index (χ0) is 14.1. The molecule has 0 amide bonds. The molecular weight excluding hydrogens is 254 g/mol. The summed E-state index contributed by atoms with van der Waals surface area (Å²) in [5.41, 5.74) is 2.41. The lowest BCUT2D eigenvalue weighted by molar-refractivity contribution is -0.142. The van der Waals surface area contributed by atoms with Gasteiger partial charge in [0, 0.05) is 24.5 Å². The zero-order valence-electron chi connectivity index (χ0n) is 11.0. The average molecular weight is 269 g/mol. The van der Waals surface area contributed by atoms with Gasteiger partial charge in [0.2, 0.25) is 0 Å². The maximum atomic E-state index is 11.2. The van der Waals surface area contributed by atoms with E-state index in [4.69, 9.17) is 0 Å². The fraction of sp³-hybridized carbons (Fsp3) is 0.333. The Morgan fingerprint density at radius 2 is 2.35 bits per heavy atom. The summed E-state index contributed by atoms with van der Waals surface area (Å²) < 4.78 is 1.92. The molecule has 0 aliphatic carbocycles. The monoisotopic (exact) mass is 269 g/mol. The predicted molar refractivity (Wildman–Crippen MR) is 73.2 cm³/mol. The standard InChI is InChI=1S/C15H15N3O2/c16-8-12-11(9-17-6-2-1-4-13(12)17)10-18-7-3-5-14(18)15(19)20/h1-2,4,6,9,14H,3,5,7,10H2,(H,19,20). The number of rotatable bonds is 3. The molecule has 0 aromatic carbocycles. The summed E-state index contributed by atoms with van der Waals surface area (Å²) in [5, 5.41) is 18.6. The van der Waals surface area contributed by atoms with Crippen molar-refractivity contribution in [1.82, 2.24) is 9.30 Å². The van der Waals surface area contributed by atoms with E-state index in [2.05, 4.69) is 6.07 Å². The van der Waals surface area contributed by atoms with Crippen molar-refractivity contribution in [3.8, 4) is 6.07 Å². The molecule has 5 nitrogen and oxygen atoms in total. The second-order valence-electron chi connectivity index (χ2n) is 5.10. The van der Waals surface area contributed by atoms with Crippen LogP contribution >= 0.6 is 0 Å². The molecule has 1 saturated heterocycles. The number of hydrogen-bond donors (Lipinski definition) is 1. The van der Waals surface area contributed by atoms with Gasteiger partial charge < -0.3 is 9.51 Å². The molecule has 0 spiro atoms. The number of pyridine rings is 1. The highest BCUT2D eigenvalue weighted by Crippen LogP contribution is 2.24. The molecule has 1 fully saturated rings. The first-order chi connectivity index (χ1) is 9.70. The Hall–Kier alpha value is -2.32. The van der Waals surface area contributed by atoms with Gasteiger partial charge in [-0.1, -0.05) is 6.07 Å². The molecule has 2 aromatic heterocycles. The molecule has 1 unspecified atom stereocenters. The quantitative estimate of drug-likeness (QED) is 0.923. The maximum Gasteiger partial charge on any atom is 0.320 e. The number of aromatic nitrogens is 1. The van der Waals surface area contributed by atoms with Gasteiger partial charge in [0.1, 0.15) is 12.1 Å². The maximum absolute atomic E-state index is 11.2. The first-order valence-corrected chi connectivity index (χ1v) is 6.66. The van der Waals surface area contributed by atoms with Gasteiger partial charge >= 0.3 is 5.97 Å². The number of carboxylic acid groups (broad SMARTS) is 1. The number of aliphatic carboxylic acids is 1. The van der Waals surface area contributed by atoms with Crippen LogP contribution < -0.4 is 0 Å². The summed E-state index contributed by atoms with van der Waals surface area (Å²) in [6, 6.07) is 7.53. The van der Waals surface area contributed by atoms with Crippen molar-refractivity contribution in [3.05, 3.63) is 41.7 Å². The molecule has 1 aliphatic heterocycles. The summed E-state index contributed by atoms with van der Waals surface area (Å²) in [6.07, 6.45) is 5.40. The lowest BCUT2D eigenvalue weighted by Crippen LogP contribution is -2.35. The van der Waals surface area contributed by atoms with Crippen LogP contribution in [0.1, 0.15) is 24.0 Å². The second kappa shape index (κ2) is 4.99. The van der Waals surface area contributed by atoms with Gasteiger partial charge in [-0.3, -0.25) is 9.69 Å². The van der Waals surface area contributed by atoms with Crippen LogP contribution in [0.5, 0.6) is 0 Å². The van der Waals surface area contributed by atoms with Crippen LogP contribution in [0.4, 0.5) is 0 Å².